The lowest BCUT2D eigenvalue weighted by molar-refractivity contribution is 0.496. The Balaban J connectivity index is 1.84. The van der Waals surface area contributed by atoms with Crippen LogP contribution in [0.2, 0.25) is 0 Å². The number of nitrogens with zero attached hydrogens (tertiary/aromatic N) is 3. The van der Waals surface area contributed by atoms with Crippen LogP contribution in [0.1, 0.15) is 0 Å². The third kappa shape index (κ3) is 0.651. The highest BCUT2D eigenvalue weighted by Gasteiger charge is 2.60. The van der Waals surface area contributed by atoms with Crippen LogP contribution in [-0.4, -0.2) is 22.3 Å². The molecular weight excluding hydrogens is 154 g/mol. The Kier molecular flexibility index (Phi) is 1.03. The maximum absolute atomic E-state index is 5.60. The highest BCUT2D eigenvalue weighted by atomic mass is 15.9. The number of fused-ring (bicyclic) bond motifs is 1. The molecule has 2 saturated heterocycles. The zero-order valence-electron chi connectivity index (χ0n) is 6.38. The molecule has 2 aliphatic rings. The summed E-state index contributed by atoms with van der Waals surface area (Å²) in [5.41, 5.74) is 3.15. The van der Waals surface area contributed by atoms with E-state index in [-0.39, 0.29) is 0 Å². The molecule has 3 atom stereocenters. The van der Waals surface area contributed by atoms with Gasteiger partial charge < -0.3 is 0 Å². The standard InChI is InChI=1S/C7H9N5/c8-11-6-7(11)12(10-6)5-3-1-2-4-9-5/h1-4,6-7,10H,8H2/t6-,7+,11?/m0/s1. The summed E-state index contributed by atoms with van der Waals surface area (Å²) in [4.78, 5) is 4.19. The van der Waals surface area contributed by atoms with Crippen LogP contribution in [0.4, 0.5) is 5.82 Å². The Morgan fingerprint density at radius 2 is 2.42 bits per heavy atom. The third-order valence-corrected chi connectivity index (χ3v) is 2.25. The molecular formula is C7H9N5. The Bertz CT molecular complexity index is 296. The van der Waals surface area contributed by atoms with Crippen molar-refractivity contribution in [2.75, 3.05) is 5.01 Å². The van der Waals surface area contributed by atoms with Gasteiger partial charge in [0.1, 0.15) is 18.1 Å². The minimum Gasteiger partial charge on any atom is -0.268 e. The number of hydrazine groups is 2. The molecule has 0 aliphatic carbocycles. The number of pyridine rings is 1. The highest BCUT2D eigenvalue weighted by molar-refractivity contribution is 5.44. The SMILES string of the molecule is NN1[C@@H]2NN(c3ccccn3)[C@H]21. The van der Waals surface area contributed by atoms with Gasteiger partial charge in [-0.15, -0.1) is 0 Å². The van der Waals surface area contributed by atoms with Crippen molar-refractivity contribution in [2.45, 2.75) is 12.3 Å². The Hall–Kier alpha value is -1.17. The number of rotatable bonds is 1. The van der Waals surface area contributed by atoms with Crippen LogP contribution in [0.25, 0.3) is 0 Å². The normalized spacial score (nSPS) is 37.1. The van der Waals surface area contributed by atoms with Gasteiger partial charge in [-0.05, 0) is 12.1 Å². The van der Waals surface area contributed by atoms with Crippen LogP contribution in [0.5, 0.6) is 0 Å². The van der Waals surface area contributed by atoms with Gasteiger partial charge >= 0.3 is 0 Å². The maximum atomic E-state index is 5.60. The van der Waals surface area contributed by atoms with Crippen molar-refractivity contribution in [3.8, 4) is 0 Å². The summed E-state index contributed by atoms with van der Waals surface area (Å²) in [6.07, 6.45) is 2.43. The van der Waals surface area contributed by atoms with Crippen LogP contribution in [0.3, 0.4) is 0 Å². The molecule has 0 radical (unpaired) electrons. The maximum Gasteiger partial charge on any atom is 0.145 e. The van der Waals surface area contributed by atoms with E-state index in [9.17, 15) is 0 Å². The minimum atomic E-state index is 0.319. The molecule has 3 N–H and O–H groups in total. The van der Waals surface area contributed by atoms with Crippen molar-refractivity contribution in [3.05, 3.63) is 24.4 Å². The molecule has 0 aromatic carbocycles. The van der Waals surface area contributed by atoms with Crippen LogP contribution >= 0.6 is 0 Å². The van der Waals surface area contributed by atoms with E-state index in [1.807, 2.05) is 23.2 Å². The highest BCUT2D eigenvalue weighted by Crippen LogP contribution is 2.35. The first-order valence-electron chi connectivity index (χ1n) is 3.87. The van der Waals surface area contributed by atoms with E-state index in [4.69, 9.17) is 5.84 Å². The van der Waals surface area contributed by atoms with Crippen molar-refractivity contribution < 1.29 is 0 Å². The van der Waals surface area contributed by atoms with Gasteiger partial charge in [-0.1, -0.05) is 6.07 Å². The molecule has 1 aromatic heterocycles. The fourth-order valence-electron chi connectivity index (χ4n) is 1.48. The van der Waals surface area contributed by atoms with E-state index >= 15 is 0 Å². The summed E-state index contributed by atoms with van der Waals surface area (Å²) in [6.45, 7) is 0. The largest absolute Gasteiger partial charge is 0.268 e. The molecule has 2 aliphatic heterocycles. The second kappa shape index (κ2) is 1.95. The topological polar surface area (TPSA) is 57.2 Å². The number of hydrogen-bond acceptors (Lipinski definition) is 5. The second-order valence-corrected chi connectivity index (χ2v) is 2.99. The first-order chi connectivity index (χ1) is 5.88. The van der Waals surface area contributed by atoms with Gasteiger partial charge in [0.15, 0.2) is 0 Å². The van der Waals surface area contributed by atoms with Gasteiger partial charge in [0.25, 0.3) is 0 Å². The molecule has 2 fully saturated rings. The number of anilines is 1. The van der Waals surface area contributed by atoms with E-state index in [2.05, 4.69) is 10.4 Å². The van der Waals surface area contributed by atoms with Crippen molar-refractivity contribution in [3.63, 3.8) is 0 Å². The van der Waals surface area contributed by atoms with Gasteiger partial charge in [-0.3, -0.25) is 10.9 Å². The lowest BCUT2D eigenvalue weighted by Gasteiger charge is -2.29. The quantitative estimate of drug-likeness (QED) is 0.421. The molecule has 3 rings (SSSR count). The average Bonchev–Trinajstić information content (AvgIpc) is 2.53. The summed E-state index contributed by atoms with van der Waals surface area (Å²) >= 11 is 0. The molecule has 0 saturated carbocycles. The lowest BCUT2D eigenvalue weighted by Crippen LogP contribution is -2.54. The van der Waals surface area contributed by atoms with Crippen molar-refractivity contribution in [2.24, 2.45) is 5.84 Å². The van der Waals surface area contributed by atoms with E-state index in [1.165, 1.54) is 0 Å². The van der Waals surface area contributed by atoms with Crippen LogP contribution < -0.4 is 16.3 Å². The van der Waals surface area contributed by atoms with Crippen LogP contribution in [0.15, 0.2) is 24.4 Å². The number of hydrogen-bond donors (Lipinski definition) is 2. The fourth-order valence-corrected chi connectivity index (χ4v) is 1.48. The summed E-state index contributed by atoms with van der Waals surface area (Å²) in [6, 6.07) is 5.81. The fraction of sp³-hybridized carbons (Fsp3) is 0.286. The zero-order valence-corrected chi connectivity index (χ0v) is 6.38. The van der Waals surface area contributed by atoms with Gasteiger partial charge in [-0.25, -0.2) is 10.4 Å². The molecule has 1 aromatic rings. The van der Waals surface area contributed by atoms with Crippen LogP contribution in [-0.2, 0) is 0 Å². The van der Waals surface area contributed by atoms with Gasteiger partial charge in [0.2, 0.25) is 0 Å². The molecule has 0 spiro atoms. The third-order valence-electron chi connectivity index (χ3n) is 2.25. The Labute approximate surface area is 69.7 Å². The zero-order chi connectivity index (χ0) is 8.13. The predicted molar refractivity (Wildman–Crippen MR) is 43.5 cm³/mol. The molecule has 3 heterocycles. The van der Waals surface area contributed by atoms with Crippen molar-refractivity contribution in [1.29, 1.82) is 0 Å². The van der Waals surface area contributed by atoms with Gasteiger partial charge in [0.05, 0.1) is 0 Å². The summed E-state index contributed by atoms with van der Waals surface area (Å²) in [7, 11) is 0. The van der Waals surface area contributed by atoms with Gasteiger partial charge in [0, 0.05) is 6.20 Å². The number of nitrogens with one attached hydrogen (secondary N) is 1. The first kappa shape index (κ1) is 6.36. The van der Waals surface area contributed by atoms with E-state index in [1.54, 1.807) is 11.2 Å². The van der Waals surface area contributed by atoms with Gasteiger partial charge in [-0.2, -0.15) is 5.01 Å². The second-order valence-electron chi connectivity index (χ2n) is 2.99. The average molecular weight is 163 g/mol. The predicted octanol–water partition coefficient (Wildman–Crippen LogP) is -0.752. The Morgan fingerprint density at radius 1 is 1.50 bits per heavy atom. The molecule has 1 unspecified atom stereocenters. The summed E-state index contributed by atoms with van der Waals surface area (Å²) in [5.74, 6) is 6.52. The Morgan fingerprint density at radius 3 is 2.92 bits per heavy atom. The molecule has 62 valence electrons. The first-order valence-corrected chi connectivity index (χ1v) is 3.87. The van der Waals surface area contributed by atoms with Crippen LogP contribution in [0, 0.1) is 0 Å². The van der Waals surface area contributed by atoms with Crippen molar-refractivity contribution >= 4 is 5.82 Å². The smallest absolute Gasteiger partial charge is 0.145 e. The summed E-state index contributed by atoms with van der Waals surface area (Å²) < 4.78 is 0. The molecule has 0 bridgehead atoms. The van der Waals surface area contributed by atoms with E-state index < -0.39 is 0 Å². The van der Waals surface area contributed by atoms with Crippen molar-refractivity contribution in [1.82, 2.24) is 15.4 Å². The number of aromatic nitrogens is 1. The summed E-state index contributed by atoms with van der Waals surface area (Å²) in [5, 5.41) is 3.72. The molecule has 0 amide bonds. The minimum absolute atomic E-state index is 0.319. The molecule has 5 heteroatoms. The molecule has 5 nitrogen and oxygen atoms in total. The number of nitrogens with two attached hydrogens (primary N) is 1. The van der Waals surface area contributed by atoms with E-state index in [0.29, 0.717) is 12.3 Å². The lowest BCUT2D eigenvalue weighted by atomic mass is 10.4. The molecule has 12 heavy (non-hydrogen) atoms. The van der Waals surface area contributed by atoms with E-state index in [0.717, 1.165) is 5.82 Å². The monoisotopic (exact) mass is 163 g/mol.